The van der Waals surface area contributed by atoms with E-state index in [0.717, 1.165) is 32.3 Å². The molecule has 0 bridgehead atoms. The number of anilines is 1. The van der Waals surface area contributed by atoms with E-state index in [1.54, 1.807) is 23.1 Å². The highest BCUT2D eigenvalue weighted by Gasteiger charge is 2.37. The van der Waals surface area contributed by atoms with Gasteiger partial charge in [0.1, 0.15) is 18.7 Å². The third-order valence-corrected chi connectivity index (χ3v) is 9.33. The molecule has 2 aliphatic rings. The Balaban J connectivity index is 1.49. The number of hydrogen-bond donors (Lipinski definition) is 3. The van der Waals surface area contributed by atoms with Gasteiger partial charge in [0, 0.05) is 50.9 Å². The minimum atomic E-state index is -1.28. The van der Waals surface area contributed by atoms with Gasteiger partial charge in [-0.25, -0.2) is 4.79 Å². The summed E-state index contributed by atoms with van der Waals surface area (Å²) in [5, 5.41) is 23.1. The Labute approximate surface area is 275 Å². The Hall–Kier alpha value is -4.20. The standard InChI is InChI=1S/C33H38BrN5O7/c1-21(36(2)33(44)45)30(41)35-27-20-46-29-25(31(42)38-16-14-37(15-17-38)13-6-18-40)9-5-10-28(29)39(32(27)43)19-22-11-12-26(34)24-8-4-3-7-23(22)24/h3-5,7-12,21,27,40H,6,13-20H2,1-2H3,(H,35,41)(H,44,45)/t21-,27-/m0/s1. The fraction of sp³-hybridized carbons (Fsp3) is 0.394. The van der Waals surface area contributed by atoms with E-state index >= 15 is 0 Å². The summed E-state index contributed by atoms with van der Waals surface area (Å²) in [5.41, 5.74) is 1.56. The first-order chi connectivity index (χ1) is 22.1. The Morgan fingerprint density at radius 3 is 2.46 bits per heavy atom. The number of nitrogens with one attached hydrogen (secondary N) is 1. The van der Waals surface area contributed by atoms with Gasteiger partial charge in [0.2, 0.25) is 5.91 Å². The number of aliphatic hydroxyl groups is 1. The highest BCUT2D eigenvalue weighted by molar-refractivity contribution is 9.10. The molecule has 4 amide bonds. The van der Waals surface area contributed by atoms with Crippen LogP contribution < -0.4 is 15.0 Å². The molecule has 5 rings (SSSR count). The van der Waals surface area contributed by atoms with Crippen molar-refractivity contribution in [2.75, 3.05) is 57.9 Å². The van der Waals surface area contributed by atoms with Crippen LogP contribution >= 0.6 is 15.9 Å². The quantitative estimate of drug-likeness (QED) is 0.310. The van der Waals surface area contributed by atoms with Crippen molar-refractivity contribution in [3.8, 4) is 5.75 Å². The maximum Gasteiger partial charge on any atom is 0.407 e. The van der Waals surface area contributed by atoms with Crippen LogP contribution in [-0.4, -0.2) is 114 Å². The number of aliphatic hydroxyl groups excluding tert-OH is 1. The first-order valence-electron chi connectivity index (χ1n) is 15.2. The van der Waals surface area contributed by atoms with Crippen molar-refractivity contribution in [2.45, 2.75) is 32.0 Å². The predicted molar refractivity (Wildman–Crippen MR) is 176 cm³/mol. The molecule has 244 valence electrons. The molecule has 2 heterocycles. The van der Waals surface area contributed by atoms with Crippen molar-refractivity contribution in [3.63, 3.8) is 0 Å². The Kier molecular flexibility index (Phi) is 10.4. The number of rotatable bonds is 9. The van der Waals surface area contributed by atoms with Crippen LogP contribution in [0.5, 0.6) is 5.75 Å². The van der Waals surface area contributed by atoms with Crippen LogP contribution in [0, 0.1) is 0 Å². The van der Waals surface area contributed by atoms with Gasteiger partial charge >= 0.3 is 6.09 Å². The minimum absolute atomic E-state index is 0.120. The van der Waals surface area contributed by atoms with Crippen molar-refractivity contribution in [3.05, 3.63) is 70.2 Å². The van der Waals surface area contributed by atoms with Crippen LogP contribution in [0.25, 0.3) is 10.8 Å². The zero-order chi connectivity index (χ0) is 33.0. The SMILES string of the molecule is C[C@@H](C(=O)N[C@H]1COc2c(C(=O)N3CCN(CCCO)CC3)cccc2N(Cc2ccc(Br)c3ccccc23)C1=O)N(C)C(=O)O. The van der Waals surface area contributed by atoms with E-state index in [1.807, 2.05) is 36.4 Å². The van der Waals surface area contributed by atoms with Crippen molar-refractivity contribution < 1.29 is 34.1 Å². The molecule has 0 aliphatic carbocycles. The summed E-state index contributed by atoms with van der Waals surface area (Å²) in [4.78, 5) is 59.1. The number of hydrogen-bond acceptors (Lipinski definition) is 7. The van der Waals surface area contributed by atoms with E-state index in [-0.39, 0.29) is 31.4 Å². The third kappa shape index (κ3) is 6.96. The maximum absolute atomic E-state index is 14.3. The third-order valence-electron chi connectivity index (χ3n) is 8.63. The van der Waals surface area contributed by atoms with Gasteiger partial charge in [-0.15, -0.1) is 0 Å². The van der Waals surface area contributed by atoms with Gasteiger partial charge in [-0.05, 0) is 47.9 Å². The Morgan fingerprint density at radius 1 is 1.04 bits per heavy atom. The van der Waals surface area contributed by atoms with E-state index in [9.17, 15) is 29.4 Å². The molecule has 3 N–H and O–H groups in total. The van der Waals surface area contributed by atoms with Gasteiger partial charge in [-0.2, -0.15) is 0 Å². The first kappa shape index (κ1) is 33.2. The molecule has 0 radical (unpaired) electrons. The number of nitrogens with zero attached hydrogens (tertiary/aromatic N) is 4. The van der Waals surface area contributed by atoms with E-state index in [0.29, 0.717) is 43.9 Å². The molecular weight excluding hydrogens is 658 g/mol. The fourth-order valence-electron chi connectivity index (χ4n) is 5.77. The molecule has 0 unspecified atom stereocenters. The average molecular weight is 697 g/mol. The minimum Gasteiger partial charge on any atom is -0.488 e. The number of ether oxygens (including phenoxy) is 1. The molecule has 13 heteroatoms. The number of benzene rings is 3. The van der Waals surface area contributed by atoms with E-state index < -0.39 is 30.0 Å². The maximum atomic E-state index is 14.3. The molecule has 46 heavy (non-hydrogen) atoms. The Morgan fingerprint density at radius 2 is 1.76 bits per heavy atom. The van der Waals surface area contributed by atoms with Crippen LogP contribution in [0.1, 0.15) is 29.3 Å². The largest absolute Gasteiger partial charge is 0.488 e. The molecule has 2 atom stereocenters. The highest BCUT2D eigenvalue weighted by Crippen LogP contribution is 2.38. The van der Waals surface area contributed by atoms with Gasteiger partial charge < -0.3 is 30.1 Å². The molecule has 1 fully saturated rings. The van der Waals surface area contributed by atoms with Gasteiger partial charge in [0.05, 0.1) is 17.8 Å². The first-order valence-corrected chi connectivity index (χ1v) is 16.0. The van der Waals surface area contributed by atoms with Crippen molar-refractivity contribution in [2.24, 2.45) is 0 Å². The van der Waals surface area contributed by atoms with Crippen molar-refractivity contribution in [1.82, 2.24) is 20.0 Å². The number of amides is 4. The summed E-state index contributed by atoms with van der Waals surface area (Å²) >= 11 is 3.61. The summed E-state index contributed by atoms with van der Waals surface area (Å²) in [5.74, 6) is -1.08. The van der Waals surface area contributed by atoms with Crippen molar-refractivity contribution >= 4 is 56.2 Å². The zero-order valence-corrected chi connectivity index (χ0v) is 27.4. The zero-order valence-electron chi connectivity index (χ0n) is 25.8. The molecule has 3 aromatic carbocycles. The second-order valence-electron chi connectivity index (χ2n) is 11.5. The molecular formula is C33H38BrN5O7. The van der Waals surface area contributed by atoms with Gasteiger partial charge in [0.15, 0.2) is 5.75 Å². The molecule has 12 nitrogen and oxygen atoms in total. The number of piperazine rings is 1. The molecule has 0 saturated carbocycles. The lowest BCUT2D eigenvalue weighted by Gasteiger charge is -2.35. The molecule has 0 spiro atoms. The summed E-state index contributed by atoms with van der Waals surface area (Å²) in [7, 11) is 1.28. The monoisotopic (exact) mass is 695 g/mol. The van der Waals surface area contributed by atoms with E-state index in [4.69, 9.17) is 4.74 Å². The molecule has 2 aliphatic heterocycles. The normalized spacial score (nSPS) is 17.6. The molecule has 1 saturated heterocycles. The van der Waals surface area contributed by atoms with Gasteiger partial charge in [0.25, 0.3) is 11.8 Å². The second-order valence-corrected chi connectivity index (χ2v) is 12.3. The topological polar surface area (TPSA) is 143 Å². The number of likely N-dealkylation sites (N-methyl/N-ethyl adjacent to an activating group) is 1. The number of para-hydroxylation sites is 1. The van der Waals surface area contributed by atoms with Crippen molar-refractivity contribution in [1.29, 1.82) is 0 Å². The Bertz CT molecular complexity index is 1630. The van der Waals surface area contributed by atoms with Gasteiger partial charge in [-0.3, -0.25) is 24.2 Å². The summed E-state index contributed by atoms with van der Waals surface area (Å²) in [6.45, 7) is 4.57. The lowest BCUT2D eigenvalue weighted by atomic mass is 10.0. The number of carbonyl (C=O) groups is 4. The lowest BCUT2D eigenvalue weighted by Crippen LogP contribution is -2.55. The van der Waals surface area contributed by atoms with Gasteiger partial charge in [-0.1, -0.05) is 52.3 Å². The van der Waals surface area contributed by atoms with Crippen LogP contribution in [0.3, 0.4) is 0 Å². The molecule has 3 aromatic rings. The number of fused-ring (bicyclic) bond motifs is 2. The number of carbonyl (C=O) groups excluding carboxylic acids is 3. The smallest absolute Gasteiger partial charge is 0.407 e. The lowest BCUT2D eigenvalue weighted by molar-refractivity contribution is -0.130. The van der Waals surface area contributed by atoms with Crippen LogP contribution in [0.15, 0.2) is 59.1 Å². The number of carboxylic acid groups (broad SMARTS) is 1. The van der Waals surface area contributed by atoms with E-state index in [2.05, 4.69) is 26.1 Å². The summed E-state index contributed by atoms with van der Waals surface area (Å²) in [6, 6.07) is 14.6. The predicted octanol–water partition coefficient (Wildman–Crippen LogP) is 3.15. The molecule has 0 aromatic heterocycles. The number of halogens is 1. The average Bonchev–Trinajstić information content (AvgIpc) is 3.20. The van der Waals surface area contributed by atoms with Crippen LogP contribution in [0.4, 0.5) is 10.5 Å². The fourth-order valence-corrected chi connectivity index (χ4v) is 6.25. The highest BCUT2D eigenvalue weighted by atomic mass is 79.9. The van der Waals surface area contributed by atoms with Crippen LogP contribution in [0.2, 0.25) is 0 Å². The van der Waals surface area contributed by atoms with E-state index in [1.165, 1.54) is 18.9 Å². The summed E-state index contributed by atoms with van der Waals surface area (Å²) in [6.07, 6.45) is -0.603. The summed E-state index contributed by atoms with van der Waals surface area (Å²) < 4.78 is 7.12. The second kappa shape index (κ2) is 14.5. The van der Waals surface area contributed by atoms with Crippen LogP contribution in [-0.2, 0) is 16.1 Å².